The number of non-ortho nitro benzene ring substituents is 1. The molecule has 2 aromatic carbocycles. The Kier molecular flexibility index (Phi) is 6.78. The normalized spacial score (nSPS) is 12.3. The Bertz CT molecular complexity index is 1080. The van der Waals surface area contributed by atoms with Gasteiger partial charge in [-0.05, 0) is 23.8 Å². The Morgan fingerprint density at radius 3 is 2.22 bits per heavy atom. The smallest absolute Gasteiger partial charge is 0.270 e. The first-order chi connectivity index (χ1) is 15.3. The Labute approximate surface area is 182 Å². The summed E-state index contributed by atoms with van der Waals surface area (Å²) < 4.78 is 5.06. The van der Waals surface area contributed by atoms with Crippen LogP contribution in [0.4, 0.5) is 5.69 Å². The highest BCUT2D eigenvalue weighted by Gasteiger charge is 2.37. The van der Waals surface area contributed by atoms with E-state index in [1.165, 1.54) is 6.07 Å². The zero-order valence-electron chi connectivity index (χ0n) is 17.1. The van der Waals surface area contributed by atoms with E-state index in [9.17, 15) is 29.3 Å². The van der Waals surface area contributed by atoms with E-state index in [1.807, 2.05) is 0 Å². The lowest BCUT2D eigenvalue weighted by Crippen LogP contribution is -2.42. The standard InChI is InChI=1S/C21H20N4O7/c1-32-15-5-2-13(3-6-15)10-18(26)22-8-9-23-19(27)12-24-20(28)16-7-4-14(25(30)31)11-17(16)21(24)29/h2-7,11H,8-10,12H2,1H3,(H,22,26)(H,23,27). The fourth-order valence-electron chi connectivity index (χ4n) is 3.13. The summed E-state index contributed by atoms with van der Waals surface area (Å²) in [5.41, 5.74) is 0.391. The van der Waals surface area contributed by atoms with Crippen LogP contribution in [0.5, 0.6) is 5.75 Å². The van der Waals surface area contributed by atoms with Crippen molar-refractivity contribution in [3.05, 3.63) is 69.3 Å². The van der Waals surface area contributed by atoms with Gasteiger partial charge in [-0.25, -0.2) is 0 Å². The van der Waals surface area contributed by atoms with Crippen LogP contribution in [0, 0.1) is 10.1 Å². The van der Waals surface area contributed by atoms with Crippen molar-refractivity contribution in [2.24, 2.45) is 0 Å². The van der Waals surface area contributed by atoms with Crippen LogP contribution in [-0.2, 0) is 16.0 Å². The summed E-state index contributed by atoms with van der Waals surface area (Å²) in [7, 11) is 1.55. The molecular weight excluding hydrogens is 420 g/mol. The van der Waals surface area contributed by atoms with Crippen molar-refractivity contribution in [1.82, 2.24) is 15.5 Å². The molecule has 0 spiro atoms. The van der Waals surface area contributed by atoms with Gasteiger partial charge in [0.25, 0.3) is 17.5 Å². The number of methoxy groups -OCH3 is 1. The van der Waals surface area contributed by atoms with E-state index in [-0.39, 0.29) is 42.2 Å². The van der Waals surface area contributed by atoms with Crippen molar-refractivity contribution < 1.29 is 28.8 Å². The minimum absolute atomic E-state index is 0.0131. The van der Waals surface area contributed by atoms with Crippen molar-refractivity contribution >= 4 is 29.3 Å². The van der Waals surface area contributed by atoms with Crippen LogP contribution in [0.2, 0.25) is 0 Å². The van der Waals surface area contributed by atoms with Gasteiger partial charge in [0.2, 0.25) is 11.8 Å². The first kappa shape index (κ1) is 22.4. The summed E-state index contributed by atoms with van der Waals surface area (Å²) in [6.45, 7) is -0.267. The number of fused-ring (bicyclic) bond motifs is 1. The number of imide groups is 1. The number of nitrogens with zero attached hydrogens (tertiary/aromatic N) is 2. The topological polar surface area (TPSA) is 148 Å². The fourth-order valence-corrected chi connectivity index (χ4v) is 3.13. The van der Waals surface area contributed by atoms with E-state index >= 15 is 0 Å². The van der Waals surface area contributed by atoms with Crippen LogP contribution in [0.25, 0.3) is 0 Å². The second-order valence-electron chi connectivity index (χ2n) is 6.91. The van der Waals surface area contributed by atoms with Gasteiger partial charge in [-0.15, -0.1) is 0 Å². The molecular formula is C21H20N4O7. The molecule has 0 bridgehead atoms. The largest absolute Gasteiger partial charge is 0.497 e. The molecule has 0 radical (unpaired) electrons. The second-order valence-corrected chi connectivity index (χ2v) is 6.91. The molecule has 11 heteroatoms. The molecule has 2 N–H and O–H groups in total. The van der Waals surface area contributed by atoms with Crippen LogP contribution in [-0.4, -0.2) is 60.2 Å². The molecule has 32 heavy (non-hydrogen) atoms. The molecule has 0 saturated carbocycles. The number of nitro groups is 1. The number of ether oxygens (including phenoxy) is 1. The monoisotopic (exact) mass is 440 g/mol. The highest BCUT2D eigenvalue weighted by molar-refractivity contribution is 6.22. The summed E-state index contributed by atoms with van der Waals surface area (Å²) >= 11 is 0. The third-order valence-electron chi connectivity index (χ3n) is 4.76. The molecule has 1 heterocycles. The molecule has 3 rings (SSSR count). The van der Waals surface area contributed by atoms with Crippen molar-refractivity contribution in [2.75, 3.05) is 26.7 Å². The van der Waals surface area contributed by atoms with Gasteiger partial charge in [0.1, 0.15) is 12.3 Å². The van der Waals surface area contributed by atoms with Gasteiger partial charge in [0, 0.05) is 25.2 Å². The lowest BCUT2D eigenvalue weighted by Gasteiger charge is -2.13. The molecule has 166 valence electrons. The number of hydrogen-bond acceptors (Lipinski definition) is 7. The molecule has 1 aliphatic rings. The van der Waals surface area contributed by atoms with Crippen LogP contribution < -0.4 is 15.4 Å². The van der Waals surface area contributed by atoms with Crippen molar-refractivity contribution in [1.29, 1.82) is 0 Å². The van der Waals surface area contributed by atoms with Crippen molar-refractivity contribution in [3.63, 3.8) is 0 Å². The summed E-state index contributed by atoms with van der Waals surface area (Å²) in [5.74, 6) is -1.60. The van der Waals surface area contributed by atoms with Gasteiger partial charge < -0.3 is 15.4 Å². The fraction of sp³-hybridized carbons (Fsp3) is 0.238. The Balaban J connectivity index is 1.43. The molecule has 11 nitrogen and oxygen atoms in total. The average molecular weight is 440 g/mol. The zero-order valence-corrected chi connectivity index (χ0v) is 17.1. The molecule has 0 unspecified atom stereocenters. The number of nitrogens with one attached hydrogen (secondary N) is 2. The van der Waals surface area contributed by atoms with Crippen LogP contribution in [0.15, 0.2) is 42.5 Å². The number of rotatable bonds is 9. The van der Waals surface area contributed by atoms with Gasteiger partial charge >= 0.3 is 0 Å². The van der Waals surface area contributed by atoms with E-state index in [0.717, 1.165) is 22.6 Å². The number of amides is 4. The average Bonchev–Trinajstić information content (AvgIpc) is 3.01. The van der Waals surface area contributed by atoms with Gasteiger partial charge in [0.05, 0.1) is 29.6 Å². The molecule has 0 aromatic heterocycles. The maximum Gasteiger partial charge on any atom is 0.270 e. The van der Waals surface area contributed by atoms with E-state index < -0.39 is 29.2 Å². The predicted octanol–water partition coefficient (Wildman–Crippen LogP) is 0.675. The number of hydrogen-bond donors (Lipinski definition) is 2. The molecule has 0 aliphatic carbocycles. The molecule has 0 atom stereocenters. The van der Waals surface area contributed by atoms with E-state index in [1.54, 1.807) is 31.4 Å². The van der Waals surface area contributed by atoms with Gasteiger partial charge in [0.15, 0.2) is 0 Å². The number of carbonyl (C=O) groups excluding carboxylic acids is 4. The lowest BCUT2D eigenvalue weighted by molar-refractivity contribution is -0.384. The van der Waals surface area contributed by atoms with E-state index in [0.29, 0.717) is 5.75 Å². The summed E-state index contributed by atoms with van der Waals surface area (Å²) in [6, 6.07) is 10.4. The summed E-state index contributed by atoms with van der Waals surface area (Å²) in [4.78, 5) is 59.8. The molecule has 4 amide bonds. The molecule has 0 saturated heterocycles. The van der Waals surface area contributed by atoms with Crippen molar-refractivity contribution in [3.8, 4) is 5.75 Å². The Morgan fingerprint density at radius 1 is 0.969 bits per heavy atom. The van der Waals surface area contributed by atoms with E-state index in [4.69, 9.17) is 4.74 Å². The second kappa shape index (κ2) is 9.69. The molecule has 0 fully saturated rings. The zero-order chi connectivity index (χ0) is 23.3. The van der Waals surface area contributed by atoms with Gasteiger partial charge in [-0.1, -0.05) is 12.1 Å². The molecule has 2 aromatic rings. The maximum atomic E-state index is 12.4. The van der Waals surface area contributed by atoms with Crippen molar-refractivity contribution in [2.45, 2.75) is 6.42 Å². The van der Waals surface area contributed by atoms with Gasteiger partial charge in [-0.2, -0.15) is 0 Å². The third-order valence-corrected chi connectivity index (χ3v) is 4.76. The third kappa shape index (κ3) is 5.06. The first-order valence-electron chi connectivity index (χ1n) is 9.61. The Morgan fingerprint density at radius 2 is 1.59 bits per heavy atom. The number of nitro benzene ring substituents is 1. The van der Waals surface area contributed by atoms with Crippen LogP contribution in [0.3, 0.4) is 0 Å². The highest BCUT2D eigenvalue weighted by atomic mass is 16.6. The molecule has 1 aliphatic heterocycles. The number of carbonyl (C=O) groups is 4. The van der Waals surface area contributed by atoms with Gasteiger partial charge in [-0.3, -0.25) is 34.2 Å². The lowest BCUT2D eigenvalue weighted by atomic mass is 10.1. The summed E-state index contributed by atoms with van der Waals surface area (Å²) in [6.07, 6.45) is 0.166. The predicted molar refractivity (Wildman–Crippen MR) is 111 cm³/mol. The maximum absolute atomic E-state index is 12.4. The van der Waals surface area contributed by atoms with Crippen LogP contribution >= 0.6 is 0 Å². The van der Waals surface area contributed by atoms with E-state index in [2.05, 4.69) is 10.6 Å². The SMILES string of the molecule is COc1ccc(CC(=O)NCCNC(=O)CN2C(=O)c3ccc([N+](=O)[O-])cc3C2=O)cc1. The summed E-state index contributed by atoms with van der Waals surface area (Å²) in [5, 5.41) is 16.0. The quantitative estimate of drug-likeness (QED) is 0.252. The first-order valence-corrected chi connectivity index (χ1v) is 9.61. The number of benzene rings is 2. The minimum Gasteiger partial charge on any atom is -0.497 e. The minimum atomic E-state index is -0.767. The Hall–Kier alpha value is -4.28. The van der Waals surface area contributed by atoms with Crippen LogP contribution in [0.1, 0.15) is 26.3 Å². The highest BCUT2D eigenvalue weighted by Crippen LogP contribution is 2.26.